The summed E-state index contributed by atoms with van der Waals surface area (Å²) in [5, 5.41) is 9.60. The highest BCUT2D eigenvalue weighted by molar-refractivity contribution is 5.78. The molecule has 5 nitrogen and oxygen atoms in total. The van der Waals surface area contributed by atoms with Gasteiger partial charge in [0, 0.05) is 17.8 Å². The number of piperidine rings is 1. The minimum atomic E-state index is -0.726. The lowest BCUT2D eigenvalue weighted by molar-refractivity contribution is -0.139. The van der Waals surface area contributed by atoms with Crippen LogP contribution in [0.4, 0.5) is 5.82 Å². The fraction of sp³-hybridized carbons (Fsp3) is 0.688. The fourth-order valence-electron chi connectivity index (χ4n) is 3.93. The van der Waals surface area contributed by atoms with Gasteiger partial charge in [0.2, 0.25) is 0 Å². The van der Waals surface area contributed by atoms with Crippen molar-refractivity contribution in [3.8, 4) is 0 Å². The van der Waals surface area contributed by atoms with Gasteiger partial charge in [-0.1, -0.05) is 19.8 Å². The molecule has 1 saturated carbocycles. The van der Waals surface area contributed by atoms with E-state index in [1.165, 1.54) is 19.3 Å². The smallest absolute Gasteiger partial charge is 0.326 e. The maximum atomic E-state index is 11.7. The normalized spacial score (nSPS) is 29.0. The van der Waals surface area contributed by atoms with E-state index in [-0.39, 0.29) is 0 Å². The molecule has 2 heterocycles. The zero-order valence-electron chi connectivity index (χ0n) is 12.5. The Labute approximate surface area is 125 Å². The molecule has 1 saturated heterocycles. The summed E-state index contributed by atoms with van der Waals surface area (Å²) >= 11 is 0. The van der Waals surface area contributed by atoms with Crippen LogP contribution < -0.4 is 4.90 Å². The molecule has 1 N–H and O–H groups in total. The summed E-state index contributed by atoms with van der Waals surface area (Å²) in [5.41, 5.74) is 0.974. The van der Waals surface area contributed by atoms with Crippen LogP contribution in [-0.4, -0.2) is 33.1 Å². The van der Waals surface area contributed by atoms with Crippen LogP contribution in [0.15, 0.2) is 12.4 Å². The standard InChI is InChI=1S/C16H23N3O2/c1-2-12-9-15(18-10-17-12)19-13-6-4-3-5-11(13)7-8-14(19)16(20)21/h9-11,13-14H,2-8H2,1H3,(H,20,21). The van der Waals surface area contributed by atoms with Gasteiger partial charge < -0.3 is 10.0 Å². The number of carboxylic acid groups (broad SMARTS) is 1. The summed E-state index contributed by atoms with van der Waals surface area (Å²) in [6.07, 6.45) is 8.94. The lowest BCUT2D eigenvalue weighted by Gasteiger charge is -2.47. The first-order chi connectivity index (χ1) is 10.2. The number of fused-ring (bicyclic) bond motifs is 1. The van der Waals surface area contributed by atoms with Crippen LogP contribution >= 0.6 is 0 Å². The first-order valence-corrected chi connectivity index (χ1v) is 8.02. The number of hydrogen-bond donors (Lipinski definition) is 1. The maximum Gasteiger partial charge on any atom is 0.326 e. The largest absolute Gasteiger partial charge is 0.480 e. The van der Waals surface area contributed by atoms with Gasteiger partial charge in [-0.3, -0.25) is 0 Å². The van der Waals surface area contributed by atoms with Crippen LogP contribution in [-0.2, 0) is 11.2 Å². The third-order valence-electron chi connectivity index (χ3n) is 4.99. The molecule has 21 heavy (non-hydrogen) atoms. The van der Waals surface area contributed by atoms with Crippen molar-refractivity contribution in [3.63, 3.8) is 0 Å². The number of rotatable bonds is 3. The van der Waals surface area contributed by atoms with Crippen molar-refractivity contribution in [3.05, 3.63) is 18.1 Å². The van der Waals surface area contributed by atoms with E-state index in [1.54, 1.807) is 6.33 Å². The summed E-state index contributed by atoms with van der Waals surface area (Å²) in [6, 6.07) is 1.85. The first-order valence-electron chi connectivity index (χ1n) is 8.02. The summed E-state index contributed by atoms with van der Waals surface area (Å²) in [4.78, 5) is 22.4. The van der Waals surface area contributed by atoms with Gasteiger partial charge in [-0.2, -0.15) is 0 Å². The predicted octanol–water partition coefficient (Wildman–Crippen LogP) is 2.65. The van der Waals surface area contributed by atoms with Crippen LogP contribution in [0, 0.1) is 5.92 Å². The Kier molecular flexibility index (Phi) is 4.08. The number of carbonyl (C=O) groups is 1. The maximum absolute atomic E-state index is 11.7. The molecule has 2 fully saturated rings. The van der Waals surface area contributed by atoms with E-state index in [2.05, 4.69) is 21.8 Å². The zero-order valence-corrected chi connectivity index (χ0v) is 12.5. The number of hydrogen-bond acceptors (Lipinski definition) is 4. The summed E-state index contributed by atoms with van der Waals surface area (Å²) in [7, 11) is 0. The highest BCUT2D eigenvalue weighted by Gasteiger charge is 2.42. The molecule has 3 rings (SSSR count). The van der Waals surface area contributed by atoms with Crippen LogP contribution in [0.25, 0.3) is 0 Å². The average molecular weight is 289 g/mol. The second kappa shape index (κ2) is 6.00. The van der Waals surface area contributed by atoms with Crippen LogP contribution in [0.2, 0.25) is 0 Å². The summed E-state index contributed by atoms with van der Waals surface area (Å²) in [6.45, 7) is 2.06. The van der Waals surface area contributed by atoms with Crippen molar-refractivity contribution in [2.24, 2.45) is 5.92 Å². The molecule has 1 aliphatic carbocycles. The quantitative estimate of drug-likeness (QED) is 0.926. The van der Waals surface area contributed by atoms with Gasteiger partial charge >= 0.3 is 5.97 Å². The third-order valence-corrected chi connectivity index (χ3v) is 4.99. The van der Waals surface area contributed by atoms with Gasteiger partial charge in [0.1, 0.15) is 18.2 Å². The molecular weight excluding hydrogens is 266 g/mol. The monoisotopic (exact) mass is 289 g/mol. The molecule has 114 valence electrons. The van der Waals surface area contributed by atoms with Crippen LogP contribution in [0.3, 0.4) is 0 Å². The Balaban J connectivity index is 1.96. The lowest BCUT2D eigenvalue weighted by atomic mass is 9.76. The predicted molar refractivity (Wildman–Crippen MR) is 80.3 cm³/mol. The molecule has 1 aromatic heterocycles. The minimum Gasteiger partial charge on any atom is -0.480 e. The van der Waals surface area contributed by atoms with Gasteiger partial charge in [0.25, 0.3) is 0 Å². The van der Waals surface area contributed by atoms with Gasteiger partial charge in [-0.05, 0) is 38.0 Å². The van der Waals surface area contributed by atoms with Crippen LogP contribution in [0.1, 0.15) is 51.1 Å². The Morgan fingerprint density at radius 1 is 1.29 bits per heavy atom. The van der Waals surface area contributed by atoms with E-state index in [4.69, 9.17) is 0 Å². The van der Waals surface area contributed by atoms with E-state index >= 15 is 0 Å². The summed E-state index contributed by atoms with van der Waals surface area (Å²) in [5.74, 6) is 0.691. The van der Waals surface area contributed by atoms with Crippen molar-refractivity contribution >= 4 is 11.8 Å². The van der Waals surface area contributed by atoms with Crippen molar-refractivity contribution in [2.45, 2.75) is 64.0 Å². The first kappa shape index (κ1) is 14.3. The molecule has 3 atom stereocenters. The summed E-state index contributed by atoms with van der Waals surface area (Å²) < 4.78 is 0. The molecule has 1 aliphatic heterocycles. The second-order valence-electron chi connectivity index (χ2n) is 6.17. The molecule has 5 heteroatoms. The number of anilines is 1. The van der Waals surface area contributed by atoms with Crippen LogP contribution in [0.5, 0.6) is 0 Å². The van der Waals surface area contributed by atoms with Gasteiger partial charge in [0.15, 0.2) is 0 Å². The molecule has 0 spiro atoms. The lowest BCUT2D eigenvalue weighted by Crippen LogP contribution is -2.55. The fourth-order valence-corrected chi connectivity index (χ4v) is 3.93. The highest BCUT2D eigenvalue weighted by atomic mass is 16.4. The Hall–Kier alpha value is -1.65. The Bertz CT molecular complexity index is 520. The van der Waals surface area contributed by atoms with Crippen molar-refractivity contribution < 1.29 is 9.90 Å². The van der Waals surface area contributed by atoms with E-state index in [9.17, 15) is 9.90 Å². The number of aryl methyl sites for hydroxylation is 1. The van der Waals surface area contributed by atoms with Crippen molar-refractivity contribution in [1.29, 1.82) is 0 Å². The number of aromatic nitrogens is 2. The molecular formula is C16H23N3O2. The van der Waals surface area contributed by atoms with Gasteiger partial charge in [-0.15, -0.1) is 0 Å². The molecule has 0 radical (unpaired) electrons. The number of nitrogens with zero attached hydrogens (tertiary/aromatic N) is 3. The molecule has 2 aliphatic rings. The van der Waals surface area contributed by atoms with Crippen molar-refractivity contribution in [1.82, 2.24) is 9.97 Å². The molecule has 0 bridgehead atoms. The number of aliphatic carboxylic acids is 1. The van der Waals surface area contributed by atoms with E-state index in [0.717, 1.165) is 37.2 Å². The molecule has 3 unspecified atom stereocenters. The minimum absolute atomic E-state index is 0.327. The molecule has 0 aromatic carbocycles. The van der Waals surface area contributed by atoms with Gasteiger partial charge in [0.05, 0.1) is 0 Å². The van der Waals surface area contributed by atoms with E-state index < -0.39 is 12.0 Å². The SMILES string of the molecule is CCc1cc(N2C(C(=O)O)CCC3CCCCC32)ncn1. The van der Waals surface area contributed by atoms with Gasteiger partial charge in [-0.25, -0.2) is 14.8 Å². The zero-order chi connectivity index (χ0) is 14.8. The topological polar surface area (TPSA) is 66.3 Å². The van der Waals surface area contributed by atoms with E-state index in [1.807, 2.05) is 6.07 Å². The average Bonchev–Trinajstić information content (AvgIpc) is 2.53. The Morgan fingerprint density at radius 3 is 2.86 bits per heavy atom. The highest BCUT2D eigenvalue weighted by Crippen LogP contribution is 2.39. The van der Waals surface area contributed by atoms with E-state index in [0.29, 0.717) is 12.0 Å². The molecule has 0 amide bonds. The molecule has 1 aromatic rings. The third kappa shape index (κ3) is 2.74. The number of carboxylic acids is 1. The second-order valence-corrected chi connectivity index (χ2v) is 6.17. The van der Waals surface area contributed by atoms with Crippen molar-refractivity contribution in [2.75, 3.05) is 4.90 Å². The Morgan fingerprint density at radius 2 is 2.10 bits per heavy atom.